The number of aliphatic carboxylic acids is 1. The normalized spacial score (nSPS) is 19.0. The number of amides is 7. The standard InChI is InChI=1S/C98H128FN9O31/c1-4-98(123)72-54-78-86-70(59-108(78)93(118)71(72)61-136-96(98)121)85-74(21-20-69-62(2)73(99)55-75(103-86)84(69)85)105-97(122)137-60-63-17-22-79(138-95-89(115)87(113)88(114)90(139-95)94(119)120)68(53-63)56-101-80(109)23-27-100-92(117)76(104-91(116)66-24-28-106(29-25-66)82(111)15-9-10-16-83(112)107-58-67-13-6-5-11-64(67)18-19-65-12-7-8-14-77(65)107)57-102-81(110)26-30-125-33-34-127-37-38-129-41-42-131-45-46-133-49-50-135-52-51-134-48-47-132-44-43-130-40-39-128-36-35-126-32-31-124-3/h5-8,11-14,17-19,22,53-55,66,74,76,87-90,95,113-115,123H,4,9-10,15-16,20-21,23-52,56-61H2,1-3H3,(H,100,117)(H,101,109)(H,102,110)(H,104,116)(H,105,122)(H,119,120)/b19-18-. The van der Waals surface area contributed by atoms with E-state index >= 15 is 4.39 Å². The first-order valence-electron chi connectivity index (χ1n) is 47.3. The number of unbranched alkanes of at least 4 members (excludes halogenated alkanes) is 1. The zero-order valence-corrected chi connectivity index (χ0v) is 78.7. The van der Waals surface area contributed by atoms with Gasteiger partial charge in [-0.05, 0) is 115 Å². The lowest BCUT2D eigenvalue weighted by molar-refractivity contribution is -0.271. The number of alkyl carbamates (subject to hydrolysis) is 1. The number of hydrogen-bond acceptors (Lipinski definition) is 31. The van der Waals surface area contributed by atoms with Gasteiger partial charge in [0, 0.05) is 99.6 Å². The zero-order valence-electron chi connectivity index (χ0n) is 78.7. The average Bonchev–Trinajstić information content (AvgIpc) is 1.57. The highest BCUT2D eigenvalue weighted by molar-refractivity contribution is 5.98. The van der Waals surface area contributed by atoms with Gasteiger partial charge in [-0.25, -0.2) is 23.8 Å². The molecule has 0 bridgehead atoms. The van der Waals surface area contributed by atoms with Gasteiger partial charge < -0.3 is 142 Å². The molecule has 2 fully saturated rings. The van der Waals surface area contributed by atoms with E-state index in [0.717, 1.165) is 22.4 Å². The SMILES string of the molecule is CCC1(O)C(=O)OCc2c1cc1n(c2=O)Cc2c-1nc1cc(F)c(C)c3c1c2C(NC(=O)OCc1ccc(OC2OC(C(=O)O)C(O)C(O)C2O)c(CNC(=O)CCNC(=O)C(CNC(=O)CCOCCOCCOCCOCCOCCOCCOCCOCCOCCOCCOCCOC)NC(=O)C2CCN(C(=O)CCCCC(=O)N4Cc5ccccc5/C=C\c5ccccc54)CC2)c1)CC3. The molecule has 40 nitrogen and oxygen atoms in total. The van der Waals surface area contributed by atoms with Crippen molar-refractivity contribution < 1.29 is 149 Å². The van der Waals surface area contributed by atoms with Crippen LogP contribution in [0.5, 0.6) is 5.75 Å². The lowest BCUT2D eigenvalue weighted by Crippen LogP contribution is -2.61. The molecule has 139 heavy (non-hydrogen) atoms. The molecule has 5 aliphatic heterocycles. The molecule has 1 aliphatic carbocycles. The number of carbonyl (C=O) groups is 9. The van der Waals surface area contributed by atoms with Crippen LogP contribution in [0.4, 0.5) is 14.9 Å². The first-order chi connectivity index (χ1) is 67.4. The number of carbonyl (C=O) groups excluding carboxylic acids is 8. The molecular weight excluding hydrogens is 1820 g/mol. The number of fused-ring (bicyclic) bond motifs is 7. The van der Waals surface area contributed by atoms with Crippen molar-refractivity contribution in [1.29, 1.82) is 0 Å². The molecule has 758 valence electrons. The summed E-state index contributed by atoms with van der Waals surface area (Å²) in [6.45, 7) is 11.0. The van der Waals surface area contributed by atoms with Crippen LogP contribution in [0.1, 0.15) is 138 Å². The van der Waals surface area contributed by atoms with Crippen LogP contribution in [-0.4, -0.2) is 315 Å². The van der Waals surface area contributed by atoms with Crippen molar-refractivity contribution in [2.24, 2.45) is 5.92 Å². The number of esters is 1. The van der Waals surface area contributed by atoms with Gasteiger partial charge in [0.1, 0.15) is 49.1 Å². The van der Waals surface area contributed by atoms with E-state index in [4.69, 9.17) is 80.8 Å². The van der Waals surface area contributed by atoms with Gasteiger partial charge in [0.05, 0.1) is 199 Å². The number of rotatable bonds is 58. The summed E-state index contributed by atoms with van der Waals surface area (Å²) >= 11 is 0. The number of aromatic nitrogens is 2. The van der Waals surface area contributed by atoms with E-state index in [1.807, 2.05) is 60.7 Å². The number of nitrogens with zero attached hydrogens (tertiary/aromatic N) is 4. The number of piperidine rings is 1. The summed E-state index contributed by atoms with van der Waals surface area (Å²) in [6, 6.07) is 20.5. The highest BCUT2D eigenvalue weighted by atomic mass is 19.1. The smallest absolute Gasteiger partial charge is 0.407 e. The number of pyridine rings is 2. The summed E-state index contributed by atoms with van der Waals surface area (Å²) in [4.78, 5) is 145. The van der Waals surface area contributed by atoms with Crippen molar-refractivity contribution in [2.45, 2.75) is 166 Å². The maximum atomic E-state index is 15.8. The lowest BCUT2D eigenvalue weighted by Gasteiger charge is -2.38. The number of aliphatic hydroxyl groups is 4. The average molecular weight is 1950 g/mol. The van der Waals surface area contributed by atoms with Gasteiger partial charge in [0.25, 0.3) is 5.56 Å². The van der Waals surface area contributed by atoms with Crippen LogP contribution in [-0.2, 0) is 154 Å². The van der Waals surface area contributed by atoms with Crippen LogP contribution < -0.4 is 41.8 Å². The number of aliphatic hydroxyl groups excluding tert-OH is 3. The minimum atomic E-state index is -2.13. The highest BCUT2D eigenvalue weighted by Crippen LogP contribution is 2.47. The summed E-state index contributed by atoms with van der Waals surface area (Å²) in [6.07, 6.45) is -5.21. The third kappa shape index (κ3) is 30.1. The molecule has 0 spiro atoms. The van der Waals surface area contributed by atoms with Gasteiger partial charge in [0.15, 0.2) is 11.7 Å². The Morgan fingerprint density at radius 1 is 0.619 bits per heavy atom. The first kappa shape index (κ1) is 107. The summed E-state index contributed by atoms with van der Waals surface area (Å²) in [7, 11) is 1.62. The fourth-order valence-corrected chi connectivity index (χ4v) is 17.0. The Morgan fingerprint density at radius 2 is 1.19 bits per heavy atom. The molecule has 0 radical (unpaired) electrons. The van der Waals surface area contributed by atoms with Crippen LogP contribution in [0.25, 0.3) is 34.4 Å². The monoisotopic (exact) mass is 1950 g/mol. The van der Waals surface area contributed by atoms with Crippen LogP contribution in [0.15, 0.2) is 83.7 Å². The molecule has 10 N–H and O–H groups in total. The summed E-state index contributed by atoms with van der Waals surface area (Å²) in [5, 5.41) is 68.0. The van der Waals surface area contributed by atoms with Crippen LogP contribution in [0.2, 0.25) is 0 Å². The number of nitrogens with one attached hydrogen (secondary N) is 5. The quantitative estimate of drug-likeness (QED) is 0.0189. The Kier molecular flexibility index (Phi) is 42.1. The van der Waals surface area contributed by atoms with E-state index in [-0.39, 0.29) is 180 Å². The second-order valence-electron chi connectivity index (χ2n) is 34.0. The van der Waals surface area contributed by atoms with Gasteiger partial charge in [-0.15, -0.1) is 0 Å². The van der Waals surface area contributed by atoms with Crippen LogP contribution in [0, 0.1) is 18.7 Å². The third-order valence-corrected chi connectivity index (χ3v) is 24.7. The van der Waals surface area contributed by atoms with E-state index in [1.165, 1.54) is 34.9 Å². The molecule has 8 unspecified atom stereocenters. The number of carboxylic acid groups (broad SMARTS) is 1. The summed E-state index contributed by atoms with van der Waals surface area (Å²) < 4.78 is 105. The minimum Gasteiger partial charge on any atom is -0.479 e. The Balaban J connectivity index is 0.594. The fraction of sp³-hybridized carbons (Fsp3) is 0.561. The predicted octanol–water partition coefficient (Wildman–Crippen LogP) is 4.17. The predicted molar refractivity (Wildman–Crippen MR) is 496 cm³/mol. The number of likely N-dealkylation sites (tertiary alicyclic amines) is 1. The van der Waals surface area contributed by atoms with Crippen LogP contribution >= 0.6 is 0 Å². The molecule has 8 atom stereocenters. The minimum absolute atomic E-state index is 0.0233. The Hall–Kier alpha value is -10.9. The van der Waals surface area contributed by atoms with Crippen molar-refractivity contribution >= 4 is 82.2 Å². The number of cyclic esters (lactones) is 1. The fourth-order valence-electron chi connectivity index (χ4n) is 17.0. The molecule has 41 heteroatoms. The number of para-hydroxylation sites is 1. The molecule has 2 saturated heterocycles. The third-order valence-electron chi connectivity index (χ3n) is 24.7. The number of aryl methyl sites for hydroxylation is 1. The van der Waals surface area contributed by atoms with Gasteiger partial charge in [-0.3, -0.25) is 33.6 Å². The summed E-state index contributed by atoms with van der Waals surface area (Å²) in [5.41, 5.74) is 4.54. The number of methoxy groups -OCH3 is 1. The molecule has 7 amide bonds. The van der Waals surface area contributed by atoms with Gasteiger partial charge in [-0.2, -0.15) is 0 Å². The van der Waals surface area contributed by atoms with Crippen molar-refractivity contribution in [1.82, 2.24) is 41.0 Å². The second-order valence-corrected chi connectivity index (χ2v) is 34.0. The number of benzene rings is 4. The molecule has 4 aromatic carbocycles. The first-order valence-corrected chi connectivity index (χ1v) is 47.3. The molecule has 6 aromatic rings. The topological polar surface area (TPSA) is 504 Å². The number of halogens is 1. The van der Waals surface area contributed by atoms with E-state index in [1.54, 1.807) is 30.8 Å². The Bertz CT molecular complexity index is 5230. The molecular formula is C98H128FN9O31. The number of hydrogen-bond donors (Lipinski definition) is 10. The largest absolute Gasteiger partial charge is 0.479 e. The van der Waals surface area contributed by atoms with Crippen molar-refractivity contribution in [3.05, 3.63) is 156 Å². The van der Waals surface area contributed by atoms with Gasteiger partial charge in [0.2, 0.25) is 41.7 Å². The number of anilines is 1. The second kappa shape index (κ2) is 54.7. The van der Waals surface area contributed by atoms with E-state index in [2.05, 4.69) is 26.6 Å². The Morgan fingerprint density at radius 3 is 1.81 bits per heavy atom. The number of ether oxygens (including phenoxy) is 16. The zero-order chi connectivity index (χ0) is 98.6. The highest BCUT2D eigenvalue weighted by Gasteiger charge is 2.50. The van der Waals surface area contributed by atoms with E-state index < -0.39 is 114 Å². The molecule has 0 saturated carbocycles. The van der Waals surface area contributed by atoms with Crippen molar-refractivity contribution in [2.75, 3.05) is 190 Å². The molecule has 2 aromatic heterocycles. The van der Waals surface area contributed by atoms with Crippen LogP contribution in [0.3, 0.4) is 0 Å². The van der Waals surface area contributed by atoms with Gasteiger partial charge in [-0.1, -0.05) is 67.6 Å². The van der Waals surface area contributed by atoms with E-state index in [0.29, 0.717) is 179 Å². The molecule has 12 rings (SSSR count). The maximum Gasteiger partial charge on any atom is 0.407 e. The molecule has 6 aliphatic rings. The maximum absolute atomic E-state index is 15.8. The van der Waals surface area contributed by atoms with Gasteiger partial charge >= 0.3 is 18.0 Å². The van der Waals surface area contributed by atoms with E-state index in [9.17, 15) is 73.5 Å². The summed E-state index contributed by atoms with van der Waals surface area (Å²) in [5.74, 6) is -6.58. The Labute approximate surface area is 803 Å². The lowest BCUT2D eigenvalue weighted by atomic mass is 9.81. The van der Waals surface area contributed by atoms with Crippen molar-refractivity contribution in [3.63, 3.8) is 0 Å². The number of carboxylic acids is 1. The van der Waals surface area contributed by atoms with Crippen molar-refractivity contribution in [3.8, 4) is 17.1 Å². The molecule has 7 heterocycles.